The van der Waals surface area contributed by atoms with Crippen LogP contribution in [0.2, 0.25) is 0 Å². The first-order valence-corrected chi connectivity index (χ1v) is 28.8. The molecule has 24 rings (SSSR count). The summed E-state index contributed by atoms with van der Waals surface area (Å²) in [4.78, 5) is 56.2. The monoisotopic (exact) mass is 1140 g/mol. The molecule has 88 heavy (non-hydrogen) atoms. The highest BCUT2D eigenvalue weighted by Gasteiger charge is 2.24. The molecule has 8 nitrogen and oxygen atoms in total. The number of ketones is 4. The second-order valence-electron chi connectivity index (χ2n) is 21.6. The molecular weight excluding hydrogens is 1090 g/mol. The number of carbonyl (C=O) groups is 4. The standard InChI is InChI=1S/C80H48O8/c81-77-53-17-19-55(20-18-53)79(83)59-29-41-63(42-30-59)87-71-47-35-51-11-3-7-15-67(51)75(71)76-68-16-8-4-12-52(68)36-48-72(76)88-64-43-31-60(32-44-64)80(84)56-23-21-54(22-24-56)78(82)58-27-39-62(40-28-58)86-70-46-34-50-10-2-6-14-66(50)74(70)73-65-13-5-1-9-49(65)33-45-69(73)85-61-37-25-57(77)26-38-61/h1-48H. The first-order valence-electron chi connectivity index (χ1n) is 28.8. The summed E-state index contributed by atoms with van der Waals surface area (Å²) in [6.07, 6.45) is 0. The summed E-state index contributed by atoms with van der Waals surface area (Å²) in [6.45, 7) is 0. The molecule has 8 heteroatoms. The van der Waals surface area contributed by atoms with Crippen molar-refractivity contribution in [3.63, 3.8) is 0 Å². The van der Waals surface area contributed by atoms with Crippen LogP contribution in [0.15, 0.2) is 291 Å². The van der Waals surface area contributed by atoms with Gasteiger partial charge in [-0.25, -0.2) is 0 Å². The van der Waals surface area contributed by atoms with Gasteiger partial charge in [-0.05, 0) is 164 Å². The average Bonchev–Trinajstić information content (AvgIpc) is 1.12. The fourth-order valence-electron chi connectivity index (χ4n) is 11.8. The quantitative estimate of drug-likeness (QED) is 0.148. The maximum absolute atomic E-state index is 14.1. The largest absolute Gasteiger partial charge is 0.457 e. The smallest absolute Gasteiger partial charge is 0.193 e. The molecule has 10 aliphatic rings. The third-order valence-electron chi connectivity index (χ3n) is 16.3. The van der Waals surface area contributed by atoms with Gasteiger partial charge in [0.25, 0.3) is 0 Å². The van der Waals surface area contributed by atoms with Gasteiger partial charge >= 0.3 is 0 Å². The van der Waals surface area contributed by atoms with E-state index in [1.807, 2.05) is 97.1 Å². The van der Waals surface area contributed by atoms with Crippen molar-refractivity contribution in [1.29, 1.82) is 0 Å². The fraction of sp³-hybridized carbons (Fsp3) is 0. The number of ether oxygens (including phenoxy) is 4. The summed E-state index contributed by atoms with van der Waals surface area (Å²) in [5.41, 5.74) is 6.74. The van der Waals surface area contributed by atoms with Crippen molar-refractivity contribution >= 4 is 66.2 Å². The van der Waals surface area contributed by atoms with Crippen LogP contribution in [0.1, 0.15) is 63.7 Å². The molecule has 0 amide bonds. The number of rotatable bonds is 0. The van der Waals surface area contributed by atoms with Crippen molar-refractivity contribution in [1.82, 2.24) is 0 Å². The van der Waals surface area contributed by atoms with Crippen molar-refractivity contribution in [3.05, 3.63) is 336 Å². The number of hydrogen-bond donors (Lipinski definition) is 0. The van der Waals surface area contributed by atoms with Crippen LogP contribution in [0.3, 0.4) is 0 Å². The van der Waals surface area contributed by atoms with Gasteiger partial charge in [0.15, 0.2) is 23.1 Å². The minimum Gasteiger partial charge on any atom is -0.457 e. The highest BCUT2D eigenvalue weighted by atomic mass is 16.5. The summed E-state index contributed by atoms with van der Waals surface area (Å²) in [6, 6.07) is 89.9. The highest BCUT2D eigenvalue weighted by molar-refractivity contribution is 6.15. The van der Waals surface area contributed by atoms with E-state index in [9.17, 15) is 19.2 Å². The van der Waals surface area contributed by atoms with Crippen molar-refractivity contribution in [2.45, 2.75) is 0 Å². The molecule has 0 saturated heterocycles. The van der Waals surface area contributed by atoms with E-state index in [1.165, 1.54) is 0 Å². The highest BCUT2D eigenvalue weighted by Crippen LogP contribution is 2.50. The Hall–Kier alpha value is -12.0. The number of carbonyl (C=O) groups excluding carboxylic acids is 4. The van der Waals surface area contributed by atoms with Gasteiger partial charge in [-0.15, -0.1) is 0 Å². The molecule has 0 aliphatic carbocycles. The van der Waals surface area contributed by atoms with Gasteiger partial charge in [0.1, 0.15) is 46.0 Å². The fourth-order valence-corrected chi connectivity index (χ4v) is 11.8. The van der Waals surface area contributed by atoms with Crippen molar-refractivity contribution < 1.29 is 38.1 Å². The average molecular weight is 1140 g/mol. The topological polar surface area (TPSA) is 105 Å². The van der Waals surface area contributed by atoms with Crippen LogP contribution >= 0.6 is 0 Å². The second kappa shape index (κ2) is 22.2. The summed E-state index contributed by atoms with van der Waals surface area (Å²) in [5.74, 6) is 3.50. The Bertz CT molecular complexity index is 4460. The molecule has 0 spiro atoms. The molecule has 0 radical (unpaired) electrons. The Kier molecular flexibility index (Phi) is 13.3. The number of hydrogen-bond acceptors (Lipinski definition) is 8. The van der Waals surface area contributed by atoms with E-state index >= 15 is 0 Å². The van der Waals surface area contributed by atoms with E-state index < -0.39 is 0 Å². The van der Waals surface area contributed by atoms with Crippen molar-refractivity contribution in [2.75, 3.05) is 0 Å². The molecular formula is C80H48O8. The maximum atomic E-state index is 14.1. The van der Waals surface area contributed by atoms with Crippen LogP contribution in [0.4, 0.5) is 0 Å². The van der Waals surface area contributed by atoms with Crippen LogP contribution in [-0.2, 0) is 0 Å². The van der Waals surface area contributed by atoms with E-state index in [2.05, 4.69) is 48.5 Å². The summed E-state index contributed by atoms with van der Waals surface area (Å²) in [5, 5.41) is 7.74. The van der Waals surface area contributed by atoms with Gasteiger partial charge < -0.3 is 18.9 Å². The Balaban J connectivity index is 0.807. The zero-order chi connectivity index (χ0) is 59.2. The molecule has 0 aromatic heterocycles. The lowest BCUT2D eigenvalue weighted by atomic mass is 9.92. The minimum absolute atomic E-state index is 0.210. The van der Waals surface area contributed by atoms with Crippen LogP contribution < -0.4 is 18.9 Å². The summed E-state index contributed by atoms with van der Waals surface area (Å²) >= 11 is 0. The number of fused-ring (bicyclic) bond motifs is 4. The van der Waals surface area contributed by atoms with Crippen LogP contribution in [0, 0.1) is 0 Å². The van der Waals surface area contributed by atoms with Crippen LogP contribution in [0.25, 0.3) is 65.3 Å². The molecule has 0 atom stereocenters. The summed E-state index contributed by atoms with van der Waals surface area (Å²) < 4.78 is 27.2. The summed E-state index contributed by atoms with van der Waals surface area (Å²) in [7, 11) is 0. The first kappa shape index (κ1) is 52.8. The molecule has 10 aliphatic heterocycles. The minimum atomic E-state index is -0.210. The number of benzene rings is 14. The zero-order valence-electron chi connectivity index (χ0n) is 47.0. The lowest BCUT2D eigenvalue weighted by molar-refractivity contribution is 0.102. The van der Waals surface area contributed by atoms with Crippen molar-refractivity contribution in [2.24, 2.45) is 0 Å². The predicted octanol–water partition coefficient (Wildman–Crippen LogP) is 20.0. The molecule has 12 bridgehead atoms. The lowest BCUT2D eigenvalue weighted by Crippen LogP contribution is -2.04. The molecule has 14 aromatic rings. The second-order valence-corrected chi connectivity index (χ2v) is 21.6. The first-order chi connectivity index (χ1) is 43.2. The van der Waals surface area contributed by atoms with E-state index in [1.54, 1.807) is 146 Å². The van der Waals surface area contributed by atoms with E-state index in [0.717, 1.165) is 65.3 Å². The normalized spacial score (nSPS) is 12.5. The molecule has 0 saturated carbocycles. The molecule has 14 aromatic carbocycles. The van der Waals surface area contributed by atoms with Gasteiger partial charge in [0.05, 0.1) is 0 Å². The third-order valence-corrected chi connectivity index (χ3v) is 16.3. The zero-order valence-corrected chi connectivity index (χ0v) is 47.0. The van der Waals surface area contributed by atoms with Crippen molar-refractivity contribution in [3.8, 4) is 68.2 Å². The van der Waals surface area contributed by atoms with Gasteiger partial charge in [0.2, 0.25) is 0 Å². The SMILES string of the molecule is O=C1c2ccc(cc2)Oc2ccc3ccccc3c2-c2c(ccc3ccccc23)Oc2ccc(cc2)C(=O)c2ccc(cc2)C(=O)c2ccc(cc2)Oc2ccc3ccccc3c2-c2c(ccc3ccccc23)Oc2ccc(cc2)C(=O)c2ccc1cc2. The van der Waals surface area contributed by atoms with E-state index in [-0.39, 0.29) is 23.1 Å². The van der Waals surface area contributed by atoms with Crippen LogP contribution in [-0.4, -0.2) is 23.1 Å². The van der Waals surface area contributed by atoms with Crippen LogP contribution in [0.5, 0.6) is 46.0 Å². The molecule has 0 fully saturated rings. The van der Waals surface area contributed by atoms with Gasteiger partial charge in [-0.3, -0.25) is 19.2 Å². The van der Waals surface area contributed by atoms with E-state index in [0.29, 0.717) is 90.5 Å². The lowest BCUT2D eigenvalue weighted by Gasteiger charge is -2.20. The Labute approximate surface area is 505 Å². The third kappa shape index (κ3) is 9.86. The van der Waals surface area contributed by atoms with E-state index in [4.69, 9.17) is 18.9 Å². The van der Waals surface area contributed by atoms with Gasteiger partial charge in [-0.2, -0.15) is 0 Å². The Morgan fingerprint density at radius 2 is 0.341 bits per heavy atom. The maximum Gasteiger partial charge on any atom is 0.193 e. The predicted molar refractivity (Wildman–Crippen MR) is 346 cm³/mol. The van der Waals surface area contributed by atoms with Gasteiger partial charge in [0, 0.05) is 66.8 Å². The Morgan fingerprint density at radius 1 is 0.170 bits per heavy atom. The molecule has 0 unspecified atom stereocenters. The molecule has 416 valence electrons. The molecule has 10 heterocycles. The van der Waals surface area contributed by atoms with Gasteiger partial charge in [-0.1, -0.05) is 170 Å². The molecule has 0 N–H and O–H groups in total. The Morgan fingerprint density at radius 3 is 0.534 bits per heavy atom.